The van der Waals surface area contributed by atoms with Gasteiger partial charge in [-0.15, -0.1) is 0 Å². The molecular weight excluding hydrogens is 278 g/mol. The fourth-order valence-electron chi connectivity index (χ4n) is 1.58. The fourth-order valence-corrected chi connectivity index (χ4v) is 1.97. The molecule has 1 aromatic rings. The highest BCUT2D eigenvalue weighted by molar-refractivity contribution is 9.09. The van der Waals surface area contributed by atoms with E-state index >= 15 is 0 Å². The van der Waals surface area contributed by atoms with Crippen molar-refractivity contribution < 1.29 is 4.39 Å². The molecule has 0 nitrogen and oxygen atoms in total. The summed E-state index contributed by atoms with van der Waals surface area (Å²) in [5.74, 6) is 0.123. The van der Waals surface area contributed by atoms with Crippen molar-refractivity contribution in [2.45, 2.75) is 31.5 Å². The molecule has 0 fully saturated rings. The van der Waals surface area contributed by atoms with E-state index in [1.807, 2.05) is 6.07 Å². The second-order valence-electron chi connectivity index (χ2n) is 3.82. The first-order valence-corrected chi connectivity index (χ1v) is 6.42. The summed E-state index contributed by atoms with van der Waals surface area (Å²) in [6.07, 6.45) is 1.87. The Morgan fingerprint density at radius 1 is 1.47 bits per heavy atom. The Labute approximate surface area is 104 Å². The smallest absolute Gasteiger partial charge is 0.142 e. The summed E-state index contributed by atoms with van der Waals surface area (Å²) in [6.45, 7) is 4.27. The Hall–Kier alpha value is -0.0800. The molecule has 0 aliphatic rings. The van der Waals surface area contributed by atoms with Crippen LogP contribution in [0.1, 0.15) is 25.8 Å². The van der Waals surface area contributed by atoms with Gasteiger partial charge in [0.15, 0.2) is 0 Å². The number of hydrogen-bond acceptors (Lipinski definition) is 0. The molecule has 0 aliphatic heterocycles. The van der Waals surface area contributed by atoms with Gasteiger partial charge in [0.2, 0.25) is 0 Å². The molecule has 1 aromatic carbocycles. The molecule has 15 heavy (non-hydrogen) atoms. The van der Waals surface area contributed by atoms with Crippen molar-refractivity contribution in [1.82, 2.24) is 0 Å². The third-order valence-electron chi connectivity index (χ3n) is 2.58. The predicted octanol–water partition coefficient (Wildman–Crippen LogP) is 4.83. The molecule has 3 heteroatoms. The van der Waals surface area contributed by atoms with E-state index in [9.17, 15) is 4.39 Å². The van der Waals surface area contributed by atoms with Gasteiger partial charge < -0.3 is 0 Å². The summed E-state index contributed by atoms with van der Waals surface area (Å²) in [6, 6.07) is 4.98. The van der Waals surface area contributed by atoms with Gasteiger partial charge in [0.05, 0.1) is 5.02 Å². The van der Waals surface area contributed by atoms with E-state index in [0.717, 1.165) is 18.4 Å². The maximum Gasteiger partial charge on any atom is 0.142 e. The molecule has 0 saturated heterocycles. The van der Waals surface area contributed by atoms with Gasteiger partial charge in [0, 0.05) is 4.83 Å². The average Bonchev–Trinajstić information content (AvgIpc) is 2.23. The highest BCUT2D eigenvalue weighted by atomic mass is 79.9. The van der Waals surface area contributed by atoms with Crippen LogP contribution < -0.4 is 0 Å². The number of hydrogen-bond donors (Lipinski definition) is 0. The van der Waals surface area contributed by atoms with Crippen molar-refractivity contribution in [3.05, 3.63) is 34.6 Å². The summed E-state index contributed by atoms with van der Waals surface area (Å²) in [7, 11) is 0. The van der Waals surface area contributed by atoms with Crippen LogP contribution in [0.5, 0.6) is 0 Å². The van der Waals surface area contributed by atoms with Gasteiger partial charge in [-0.2, -0.15) is 0 Å². The molecule has 2 atom stereocenters. The lowest BCUT2D eigenvalue weighted by atomic mass is 9.97. The monoisotopic (exact) mass is 292 g/mol. The SMILES string of the molecule is CCC(Br)C(C)Cc1cccc(F)c1Cl. The number of halogens is 3. The first kappa shape index (κ1) is 13.0. The molecule has 84 valence electrons. The van der Waals surface area contributed by atoms with E-state index in [2.05, 4.69) is 29.8 Å². The highest BCUT2D eigenvalue weighted by Crippen LogP contribution is 2.26. The van der Waals surface area contributed by atoms with Gasteiger partial charge in [0.25, 0.3) is 0 Å². The largest absolute Gasteiger partial charge is 0.205 e. The lowest BCUT2D eigenvalue weighted by Gasteiger charge is -2.17. The van der Waals surface area contributed by atoms with Crippen LogP contribution in [0.25, 0.3) is 0 Å². The standard InChI is InChI=1S/C12H15BrClF/c1-3-10(13)8(2)7-9-5-4-6-11(15)12(9)14/h4-6,8,10H,3,7H2,1-2H3. The van der Waals surface area contributed by atoms with E-state index in [4.69, 9.17) is 11.6 Å². The molecule has 0 N–H and O–H groups in total. The first-order chi connectivity index (χ1) is 7.06. The van der Waals surface area contributed by atoms with Crippen molar-refractivity contribution in [3.8, 4) is 0 Å². The van der Waals surface area contributed by atoms with Crippen LogP contribution in [0, 0.1) is 11.7 Å². The minimum Gasteiger partial charge on any atom is -0.205 e. The second-order valence-corrected chi connectivity index (χ2v) is 5.37. The lowest BCUT2D eigenvalue weighted by molar-refractivity contribution is 0.542. The van der Waals surface area contributed by atoms with Crippen molar-refractivity contribution >= 4 is 27.5 Å². The van der Waals surface area contributed by atoms with E-state index in [1.165, 1.54) is 6.07 Å². The maximum atomic E-state index is 13.2. The third-order valence-corrected chi connectivity index (χ3v) is 4.55. The molecule has 0 bridgehead atoms. The van der Waals surface area contributed by atoms with Gasteiger partial charge in [0.1, 0.15) is 5.82 Å². The Morgan fingerprint density at radius 2 is 2.13 bits per heavy atom. The van der Waals surface area contributed by atoms with Crippen molar-refractivity contribution in [3.63, 3.8) is 0 Å². The number of rotatable bonds is 4. The van der Waals surface area contributed by atoms with Gasteiger partial charge in [-0.1, -0.05) is 53.5 Å². The molecule has 0 radical (unpaired) electrons. The summed E-state index contributed by atoms with van der Waals surface area (Å²) < 4.78 is 13.2. The van der Waals surface area contributed by atoms with E-state index in [1.54, 1.807) is 6.07 Å². The first-order valence-electron chi connectivity index (χ1n) is 5.13. The summed E-state index contributed by atoms with van der Waals surface area (Å²) in [5, 5.41) is 0.264. The maximum absolute atomic E-state index is 13.2. The molecule has 0 aliphatic carbocycles. The fraction of sp³-hybridized carbons (Fsp3) is 0.500. The van der Waals surface area contributed by atoms with Gasteiger partial charge in [-0.3, -0.25) is 0 Å². The van der Waals surface area contributed by atoms with Crippen LogP contribution in [0.3, 0.4) is 0 Å². The van der Waals surface area contributed by atoms with Crippen molar-refractivity contribution in [2.75, 3.05) is 0 Å². The minimum atomic E-state index is -0.330. The quantitative estimate of drug-likeness (QED) is 0.697. The molecule has 2 unspecified atom stereocenters. The van der Waals surface area contributed by atoms with Crippen LogP contribution in [-0.4, -0.2) is 4.83 Å². The molecule has 1 rings (SSSR count). The van der Waals surface area contributed by atoms with Crippen LogP contribution in [0.2, 0.25) is 5.02 Å². The third kappa shape index (κ3) is 3.46. The van der Waals surface area contributed by atoms with Crippen molar-refractivity contribution in [1.29, 1.82) is 0 Å². The van der Waals surface area contributed by atoms with E-state index in [-0.39, 0.29) is 10.8 Å². The Bertz CT molecular complexity index is 327. The average molecular weight is 294 g/mol. The zero-order chi connectivity index (χ0) is 11.4. The number of benzene rings is 1. The van der Waals surface area contributed by atoms with Gasteiger partial charge in [-0.25, -0.2) is 4.39 Å². The minimum absolute atomic E-state index is 0.264. The van der Waals surface area contributed by atoms with Gasteiger partial charge >= 0.3 is 0 Å². The Kier molecular flexibility index (Phi) is 5.07. The Morgan fingerprint density at radius 3 is 2.73 bits per heavy atom. The molecular formula is C12H15BrClF. The van der Waals surface area contributed by atoms with Crippen molar-refractivity contribution in [2.24, 2.45) is 5.92 Å². The molecule has 0 heterocycles. The van der Waals surface area contributed by atoms with E-state index < -0.39 is 0 Å². The lowest BCUT2D eigenvalue weighted by Crippen LogP contribution is -2.12. The van der Waals surface area contributed by atoms with Gasteiger partial charge in [-0.05, 0) is 30.4 Å². The summed E-state index contributed by atoms with van der Waals surface area (Å²) in [5.41, 5.74) is 0.891. The topological polar surface area (TPSA) is 0 Å². The second kappa shape index (κ2) is 5.86. The molecule has 0 aromatic heterocycles. The van der Waals surface area contributed by atoms with E-state index in [0.29, 0.717) is 10.7 Å². The number of alkyl halides is 1. The molecule has 0 spiro atoms. The summed E-state index contributed by atoms with van der Waals surface area (Å²) >= 11 is 9.50. The molecule has 0 saturated carbocycles. The zero-order valence-corrected chi connectivity index (χ0v) is 11.3. The predicted molar refractivity (Wildman–Crippen MR) is 67.3 cm³/mol. The van der Waals surface area contributed by atoms with Crippen LogP contribution >= 0.6 is 27.5 Å². The van der Waals surface area contributed by atoms with Crippen LogP contribution in [-0.2, 0) is 6.42 Å². The van der Waals surface area contributed by atoms with Crippen LogP contribution in [0.4, 0.5) is 4.39 Å². The van der Waals surface area contributed by atoms with Crippen LogP contribution in [0.15, 0.2) is 18.2 Å². The normalized spacial score (nSPS) is 15.0. The summed E-state index contributed by atoms with van der Waals surface area (Å²) in [4.78, 5) is 0.455. The Balaban J connectivity index is 2.76. The highest BCUT2D eigenvalue weighted by Gasteiger charge is 2.15. The molecule has 0 amide bonds. The zero-order valence-electron chi connectivity index (χ0n) is 8.93.